The molecule has 1 unspecified atom stereocenters. The quantitative estimate of drug-likeness (QED) is 0.483. The maximum Gasteiger partial charge on any atom is 0.130 e. The van der Waals surface area contributed by atoms with Crippen molar-refractivity contribution in [3.8, 4) is 5.69 Å². The van der Waals surface area contributed by atoms with E-state index in [1.807, 2.05) is 18.2 Å². The zero-order chi connectivity index (χ0) is 20.2. The minimum absolute atomic E-state index is 0.195. The Hall–Kier alpha value is -2.60. The summed E-state index contributed by atoms with van der Waals surface area (Å²) in [5, 5.41) is 23.4. The van der Waals surface area contributed by atoms with Crippen LogP contribution in [0.2, 0.25) is 0 Å². The fourth-order valence-electron chi connectivity index (χ4n) is 4.13. The Bertz CT molecular complexity index is 928. The molecule has 0 saturated heterocycles. The lowest BCUT2D eigenvalue weighted by Crippen LogP contribution is -2.29. The maximum absolute atomic E-state index is 10.0. The summed E-state index contributed by atoms with van der Waals surface area (Å²) in [5.74, 6) is 0. The number of aromatic nitrogens is 1. The second-order valence-electron chi connectivity index (χ2n) is 7.90. The van der Waals surface area contributed by atoms with Crippen molar-refractivity contribution in [2.24, 2.45) is 5.73 Å². The Morgan fingerprint density at radius 1 is 1.00 bits per heavy atom. The first-order chi connectivity index (χ1) is 14.1. The van der Waals surface area contributed by atoms with Gasteiger partial charge in [0.1, 0.15) is 6.23 Å². The van der Waals surface area contributed by atoms with Crippen molar-refractivity contribution in [3.63, 3.8) is 0 Å². The van der Waals surface area contributed by atoms with Gasteiger partial charge in [-0.05, 0) is 55.5 Å². The minimum atomic E-state index is -1.03. The lowest BCUT2D eigenvalue weighted by Gasteiger charge is -2.28. The number of anilines is 1. The van der Waals surface area contributed by atoms with Gasteiger partial charge in [-0.3, -0.25) is 0 Å². The van der Waals surface area contributed by atoms with Gasteiger partial charge in [-0.2, -0.15) is 0 Å². The van der Waals surface area contributed by atoms with E-state index in [0.29, 0.717) is 5.56 Å². The summed E-state index contributed by atoms with van der Waals surface area (Å²) in [6.07, 6.45) is 5.11. The smallest absolute Gasteiger partial charge is 0.130 e. The van der Waals surface area contributed by atoms with Crippen LogP contribution in [0.25, 0.3) is 5.69 Å². The zero-order valence-electron chi connectivity index (χ0n) is 16.5. The Balaban J connectivity index is 1.61. The number of aliphatic hydroxyl groups excluding tert-OH is 2. The van der Waals surface area contributed by atoms with Gasteiger partial charge in [0, 0.05) is 41.3 Å². The second-order valence-corrected chi connectivity index (χ2v) is 7.90. The van der Waals surface area contributed by atoms with Crippen LogP contribution in [-0.2, 0) is 6.42 Å². The number of rotatable bonds is 6. The number of nitrogens with zero attached hydrogens (tertiary/aromatic N) is 1. The van der Waals surface area contributed by atoms with E-state index >= 15 is 0 Å². The lowest BCUT2D eigenvalue weighted by molar-refractivity contribution is 0.126. The Labute approximate surface area is 171 Å². The maximum atomic E-state index is 10.0. The SMILES string of the molecule is NC(O)c1ccc(-n2cccc2Cc2ccccc2)cc1N[C@H]1CC[C@H](O)CC1. The number of benzene rings is 2. The van der Waals surface area contributed by atoms with Gasteiger partial charge < -0.3 is 25.8 Å². The van der Waals surface area contributed by atoms with E-state index < -0.39 is 6.23 Å². The van der Waals surface area contributed by atoms with Crippen molar-refractivity contribution in [3.05, 3.63) is 83.7 Å². The molecule has 0 radical (unpaired) electrons. The summed E-state index contributed by atoms with van der Waals surface area (Å²) >= 11 is 0. The number of aliphatic hydroxyl groups is 2. The van der Waals surface area contributed by atoms with Crippen molar-refractivity contribution in [2.75, 3.05) is 5.32 Å². The monoisotopic (exact) mass is 391 g/mol. The van der Waals surface area contributed by atoms with Gasteiger partial charge in [0.2, 0.25) is 0 Å². The molecule has 152 valence electrons. The largest absolute Gasteiger partial charge is 0.393 e. The summed E-state index contributed by atoms with van der Waals surface area (Å²) in [6.45, 7) is 0. The highest BCUT2D eigenvalue weighted by atomic mass is 16.3. The van der Waals surface area contributed by atoms with Crippen molar-refractivity contribution < 1.29 is 10.2 Å². The molecule has 1 aliphatic carbocycles. The Kier molecular flexibility index (Phi) is 6.00. The molecule has 1 saturated carbocycles. The number of hydrogen-bond acceptors (Lipinski definition) is 4. The van der Waals surface area contributed by atoms with E-state index in [-0.39, 0.29) is 12.1 Å². The highest BCUT2D eigenvalue weighted by molar-refractivity contribution is 5.59. The molecule has 1 heterocycles. The summed E-state index contributed by atoms with van der Waals surface area (Å²) in [4.78, 5) is 0. The van der Waals surface area contributed by atoms with E-state index in [1.165, 1.54) is 11.3 Å². The fourth-order valence-corrected chi connectivity index (χ4v) is 4.13. The van der Waals surface area contributed by atoms with E-state index in [2.05, 4.69) is 58.5 Å². The molecule has 0 amide bonds. The fraction of sp³-hybridized carbons (Fsp3) is 0.333. The van der Waals surface area contributed by atoms with Gasteiger partial charge in [-0.15, -0.1) is 0 Å². The zero-order valence-corrected chi connectivity index (χ0v) is 16.5. The van der Waals surface area contributed by atoms with Crippen molar-refractivity contribution in [1.29, 1.82) is 0 Å². The van der Waals surface area contributed by atoms with E-state index in [1.54, 1.807) is 0 Å². The van der Waals surface area contributed by atoms with E-state index in [4.69, 9.17) is 5.73 Å². The second kappa shape index (κ2) is 8.82. The summed E-state index contributed by atoms with van der Waals surface area (Å²) in [6, 6.07) is 20.8. The molecular weight excluding hydrogens is 362 g/mol. The molecule has 29 heavy (non-hydrogen) atoms. The van der Waals surface area contributed by atoms with Crippen molar-refractivity contribution in [1.82, 2.24) is 4.57 Å². The van der Waals surface area contributed by atoms with Crippen LogP contribution in [0.5, 0.6) is 0 Å². The third-order valence-corrected chi connectivity index (χ3v) is 5.75. The standard InChI is InChI=1S/C24H29N3O2/c25-24(29)22-13-10-20(16-23(22)26-18-8-11-21(28)12-9-18)27-14-4-7-19(27)15-17-5-2-1-3-6-17/h1-7,10,13-14,16,18,21,24,26,28-29H,8-9,11-12,15,25H2/t18-,21-,24?. The minimum Gasteiger partial charge on any atom is -0.393 e. The molecule has 1 atom stereocenters. The molecule has 1 fully saturated rings. The van der Waals surface area contributed by atoms with Crippen molar-refractivity contribution >= 4 is 5.69 Å². The highest BCUT2D eigenvalue weighted by Gasteiger charge is 2.21. The molecule has 1 aromatic heterocycles. The molecule has 1 aliphatic rings. The van der Waals surface area contributed by atoms with Crippen LogP contribution < -0.4 is 11.1 Å². The molecule has 2 aromatic carbocycles. The Morgan fingerprint density at radius 2 is 1.76 bits per heavy atom. The number of hydrogen-bond donors (Lipinski definition) is 4. The first kappa shape index (κ1) is 19.7. The average molecular weight is 392 g/mol. The van der Waals surface area contributed by atoms with Gasteiger partial charge in [-0.25, -0.2) is 0 Å². The summed E-state index contributed by atoms with van der Waals surface area (Å²) in [7, 11) is 0. The molecule has 0 aliphatic heterocycles. The molecule has 5 N–H and O–H groups in total. The average Bonchev–Trinajstić information content (AvgIpc) is 3.18. The van der Waals surface area contributed by atoms with Crippen LogP contribution in [0.4, 0.5) is 5.69 Å². The summed E-state index contributed by atoms with van der Waals surface area (Å²) < 4.78 is 2.18. The predicted molar refractivity (Wildman–Crippen MR) is 116 cm³/mol. The predicted octanol–water partition coefficient (Wildman–Crippen LogP) is 3.73. The third kappa shape index (κ3) is 4.70. The number of nitrogens with one attached hydrogen (secondary N) is 1. The van der Waals surface area contributed by atoms with Gasteiger partial charge in [0.15, 0.2) is 0 Å². The molecule has 4 rings (SSSR count). The van der Waals surface area contributed by atoms with Crippen LogP contribution in [0.1, 0.15) is 48.7 Å². The van der Waals surface area contributed by atoms with Crippen LogP contribution in [0.3, 0.4) is 0 Å². The van der Waals surface area contributed by atoms with Crippen LogP contribution >= 0.6 is 0 Å². The third-order valence-electron chi connectivity index (χ3n) is 5.75. The summed E-state index contributed by atoms with van der Waals surface area (Å²) in [5.41, 5.74) is 10.9. The first-order valence-electron chi connectivity index (χ1n) is 10.3. The molecule has 0 bridgehead atoms. The van der Waals surface area contributed by atoms with Crippen LogP contribution in [-0.4, -0.2) is 26.9 Å². The highest BCUT2D eigenvalue weighted by Crippen LogP contribution is 2.29. The molecule has 0 spiro atoms. The topological polar surface area (TPSA) is 83.4 Å². The van der Waals surface area contributed by atoms with Crippen LogP contribution in [0, 0.1) is 0 Å². The lowest BCUT2D eigenvalue weighted by atomic mass is 9.92. The molecular formula is C24H29N3O2. The van der Waals surface area contributed by atoms with Crippen molar-refractivity contribution in [2.45, 2.75) is 50.5 Å². The molecule has 5 heteroatoms. The van der Waals surface area contributed by atoms with Crippen LogP contribution in [0.15, 0.2) is 66.9 Å². The van der Waals surface area contributed by atoms with E-state index in [9.17, 15) is 10.2 Å². The normalized spacial score (nSPS) is 20.4. The van der Waals surface area contributed by atoms with Gasteiger partial charge in [0.05, 0.1) is 6.10 Å². The van der Waals surface area contributed by atoms with E-state index in [0.717, 1.165) is 43.5 Å². The molecule has 5 nitrogen and oxygen atoms in total. The van der Waals surface area contributed by atoms with Gasteiger partial charge in [-0.1, -0.05) is 36.4 Å². The van der Waals surface area contributed by atoms with Gasteiger partial charge in [0.25, 0.3) is 0 Å². The first-order valence-corrected chi connectivity index (χ1v) is 10.3. The molecule has 3 aromatic rings. The van der Waals surface area contributed by atoms with Gasteiger partial charge >= 0.3 is 0 Å². The Morgan fingerprint density at radius 3 is 2.48 bits per heavy atom. The number of nitrogens with two attached hydrogens (primary N) is 1.